The number of benzene rings is 1. The van der Waals surface area contributed by atoms with Crippen molar-refractivity contribution < 1.29 is 19.4 Å². The molecular formula is C25H35N3O4S. The molecule has 2 aromatic rings. The van der Waals surface area contributed by atoms with E-state index in [1.54, 1.807) is 30.3 Å². The monoisotopic (exact) mass is 473 g/mol. The summed E-state index contributed by atoms with van der Waals surface area (Å²) >= 11 is 1.42. The molecule has 8 heteroatoms. The van der Waals surface area contributed by atoms with Crippen LogP contribution in [0.15, 0.2) is 29.8 Å². The molecule has 1 aromatic carbocycles. The van der Waals surface area contributed by atoms with Crippen molar-refractivity contribution >= 4 is 23.2 Å². The van der Waals surface area contributed by atoms with E-state index in [4.69, 9.17) is 4.74 Å². The van der Waals surface area contributed by atoms with Gasteiger partial charge in [0.1, 0.15) is 16.9 Å². The van der Waals surface area contributed by atoms with Gasteiger partial charge in [0.25, 0.3) is 5.91 Å². The smallest absolute Gasteiger partial charge is 0.331 e. The van der Waals surface area contributed by atoms with E-state index in [2.05, 4.69) is 25.8 Å². The first-order valence-electron chi connectivity index (χ1n) is 11.2. The van der Waals surface area contributed by atoms with Gasteiger partial charge in [-0.05, 0) is 49.4 Å². The van der Waals surface area contributed by atoms with Gasteiger partial charge in [-0.3, -0.25) is 14.6 Å². The first-order valence-corrected chi connectivity index (χ1v) is 12.1. The van der Waals surface area contributed by atoms with Gasteiger partial charge in [-0.2, -0.15) is 0 Å². The van der Waals surface area contributed by atoms with Crippen LogP contribution in [0.5, 0.6) is 5.75 Å². The van der Waals surface area contributed by atoms with E-state index < -0.39 is 23.7 Å². The second kappa shape index (κ2) is 9.06. The van der Waals surface area contributed by atoms with Crippen molar-refractivity contribution in [2.45, 2.75) is 71.1 Å². The number of amides is 1. The minimum Gasteiger partial charge on any atom is -0.496 e. The summed E-state index contributed by atoms with van der Waals surface area (Å²) in [4.78, 5) is 35.0. The summed E-state index contributed by atoms with van der Waals surface area (Å²) in [6.45, 7) is 12.1. The zero-order valence-corrected chi connectivity index (χ0v) is 21.6. The van der Waals surface area contributed by atoms with Crippen LogP contribution < -0.4 is 4.74 Å². The topological polar surface area (TPSA) is 83.0 Å². The molecule has 180 valence electrons. The first kappa shape index (κ1) is 25.2. The van der Waals surface area contributed by atoms with E-state index in [1.165, 1.54) is 11.3 Å². The molecule has 1 saturated heterocycles. The maximum absolute atomic E-state index is 14.1. The second-order valence-electron chi connectivity index (χ2n) is 10.3. The van der Waals surface area contributed by atoms with Crippen molar-refractivity contribution in [1.82, 2.24) is 14.8 Å². The number of aliphatic carboxylic acids is 1. The SMILES string of the molecule is COc1cc(C(=O)N2C(c3nccs3)N(C)C(C)C2(CC(C)C)C(=O)O)ccc1C(C)(C)C. The molecule has 1 aliphatic heterocycles. The molecule has 0 bridgehead atoms. The predicted octanol–water partition coefficient (Wildman–Crippen LogP) is 4.79. The fraction of sp³-hybridized carbons (Fsp3) is 0.560. The van der Waals surface area contributed by atoms with Gasteiger partial charge >= 0.3 is 5.97 Å². The zero-order valence-electron chi connectivity index (χ0n) is 20.7. The number of aromatic nitrogens is 1. The molecule has 1 fully saturated rings. The number of likely N-dealkylation sites (N-methyl/N-ethyl adjacent to an activating group) is 1. The van der Waals surface area contributed by atoms with Crippen molar-refractivity contribution in [3.05, 3.63) is 45.9 Å². The molecule has 0 radical (unpaired) electrons. The molecule has 1 aliphatic rings. The number of methoxy groups -OCH3 is 1. The second-order valence-corrected chi connectivity index (χ2v) is 11.2. The number of carbonyl (C=O) groups excluding carboxylic acids is 1. The lowest BCUT2D eigenvalue weighted by molar-refractivity contribution is -0.150. The minimum atomic E-state index is -1.40. The van der Waals surface area contributed by atoms with Gasteiger partial charge < -0.3 is 9.84 Å². The van der Waals surface area contributed by atoms with E-state index >= 15 is 0 Å². The molecule has 1 amide bonds. The molecule has 3 unspecified atom stereocenters. The average molecular weight is 474 g/mol. The Bertz CT molecular complexity index is 1020. The number of rotatable bonds is 6. The third-order valence-electron chi connectivity index (χ3n) is 6.60. The summed E-state index contributed by atoms with van der Waals surface area (Å²) in [5.41, 5.74) is -0.178. The summed E-state index contributed by atoms with van der Waals surface area (Å²) in [5, 5.41) is 13.1. The van der Waals surface area contributed by atoms with Crippen LogP contribution in [0.2, 0.25) is 0 Å². The van der Waals surface area contributed by atoms with Gasteiger partial charge in [-0.1, -0.05) is 40.7 Å². The summed E-state index contributed by atoms with van der Waals surface area (Å²) in [6, 6.07) is 4.99. The lowest BCUT2D eigenvalue weighted by Crippen LogP contribution is -2.59. The lowest BCUT2D eigenvalue weighted by atomic mass is 9.81. The Morgan fingerprint density at radius 2 is 1.97 bits per heavy atom. The van der Waals surface area contributed by atoms with Crippen LogP contribution in [0.25, 0.3) is 0 Å². The van der Waals surface area contributed by atoms with Crippen molar-refractivity contribution in [3.8, 4) is 5.75 Å². The number of hydrogen-bond acceptors (Lipinski definition) is 6. The number of hydrogen-bond donors (Lipinski definition) is 1. The summed E-state index contributed by atoms with van der Waals surface area (Å²) in [6.07, 6.45) is 1.44. The van der Waals surface area contributed by atoms with E-state index in [-0.39, 0.29) is 17.2 Å². The van der Waals surface area contributed by atoms with Crippen LogP contribution in [-0.4, -0.2) is 57.5 Å². The molecule has 0 aliphatic carbocycles. The van der Waals surface area contributed by atoms with Gasteiger partial charge in [0.2, 0.25) is 0 Å². The van der Waals surface area contributed by atoms with Crippen molar-refractivity contribution in [3.63, 3.8) is 0 Å². The Labute approximate surface area is 200 Å². The minimum absolute atomic E-state index is 0.0695. The highest BCUT2D eigenvalue weighted by atomic mass is 32.1. The van der Waals surface area contributed by atoms with Crippen molar-refractivity contribution in [2.24, 2.45) is 5.92 Å². The van der Waals surface area contributed by atoms with Gasteiger partial charge in [-0.15, -0.1) is 11.3 Å². The number of carboxylic acids is 1. The molecule has 33 heavy (non-hydrogen) atoms. The Balaban J connectivity index is 2.21. The highest BCUT2D eigenvalue weighted by molar-refractivity contribution is 7.09. The summed E-state index contributed by atoms with van der Waals surface area (Å²) < 4.78 is 5.62. The van der Waals surface area contributed by atoms with Gasteiger partial charge in [0, 0.05) is 23.2 Å². The number of ether oxygens (including phenoxy) is 1. The Morgan fingerprint density at radius 1 is 1.30 bits per heavy atom. The Hall–Kier alpha value is -2.45. The molecule has 2 heterocycles. The van der Waals surface area contributed by atoms with Crippen LogP contribution in [0.4, 0.5) is 0 Å². The summed E-state index contributed by atoms with van der Waals surface area (Å²) in [7, 11) is 3.45. The predicted molar refractivity (Wildman–Crippen MR) is 130 cm³/mol. The van der Waals surface area contributed by atoms with Crippen LogP contribution in [0.1, 0.15) is 75.1 Å². The van der Waals surface area contributed by atoms with E-state index in [9.17, 15) is 14.7 Å². The van der Waals surface area contributed by atoms with Crippen LogP contribution >= 0.6 is 11.3 Å². The third-order valence-corrected chi connectivity index (χ3v) is 7.42. The van der Waals surface area contributed by atoms with E-state index in [1.807, 2.05) is 44.2 Å². The molecular weight excluding hydrogens is 438 g/mol. The first-order chi connectivity index (χ1) is 15.4. The summed E-state index contributed by atoms with van der Waals surface area (Å²) in [5.74, 6) is -0.654. The molecule has 7 nitrogen and oxygen atoms in total. The Kier molecular flexibility index (Phi) is 6.92. The van der Waals surface area contributed by atoms with E-state index in [0.29, 0.717) is 22.7 Å². The maximum atomic E-state index is 14.1. The molecule has 3 atom stereocenters. The number of nitrogens with zero attached hydrogens (tertiary/aromatic N) is 3. The van der Waals surface area contributed by atoms with Gasteiger partial charge in [0.15, 0.2) is 5.54 Å². The van der Waals surface area contributed by atoms with Crippen LogP contribution in [0, 0.1) is 5.92 Å². The van der Waals surface area contributed by atoms with Crippen LogP contribution in [0.3, 0.4) is 0 Å². The number of carboxylic acid groups (broad SMARTS) is 1. The fourth-order valence-electron chi connectivity index (χ4n) is 4.93. The fourth-order valence-corrected chi connectivity index (χ4v) is 5.71. The highest BCUT2D eigenvalue weighted by Gasteiger charge is 2.62. The zero-order chi connectivity index (χ0) is 24.7. The number of thiazole rings is 1. The molecule has 1 N–H and O–H groups in total. The molecule has 0 saturated carbocycles. The van der Waals surface area contributed by atoms with Gasteiger partial charge in [-0.25, -0.2) is 9.78 Å². The van der Waals surface area contributed by atoms with E-state index in [0.717, 1.165) is 5.56 Å². The normalized spacial score (nSPS) is 23.8. The highest BCUT2D eigenvalue weighted by Crippen LogP contribution is 2.48. The van der Waals surface area contributed by atoms with Crippen molar-refractivity contribution in [2.75, 3.05) is 14.2 Å². The van der Waals surface area contributed by atoms with Crippen molar-refractivity contribution in [1.29, 1.82) is 0 Å². The lowest BCUT2D eigenvalue weighted by Gasteiger charge is -2.39. The molecule has 3 rings (SSSR count). The average Bonchev–Trinajstić information content (AvgIpc) is 3.33. The standard InChI is InChI=1S/C25H35N3O4S/c1-15(2)14-25(23(30)31)16(3)27(7)21(20-26-11-12-33-20)28(25)22(29)17-9-10-18(24(4,5)6)19(13-17)32-8/h9-13,15-16,21H,14H2,1-8H3,(H,30,31). The Morgan fingerprint density at radius 3 is 2.45 bits per heavy atom. The van der Waals surface area contributed by atoms with Gasteiger partial charge in [0.05, 0.1) is 7.11 Å². The third kappa shape index (κ3) is 4.26. The maximum Gasteiger partial charge on any atom is 0.331 e. The molecule has 1 aromatic heterocycles. The number of carbonyl (C=O) groups is 2. The largest absolute Gasteiger partial charge is 0.496 e. The quantitative estimate of drug-likeness (QED) is 0.649. The molecule has 0 spiro atoms. The van der Waals surface area contributed by atoms with Crippen LogP contribution in [-0.2, 0) is 10.2 Å².